The number of halogens is 2. The van der Waals surface area contributed by atoms with E-state index in [4.69, 9.17) is 20.2 Å². The number of carbonyl (C=O) groups excluding carboxylic acids is 1. The van der Waals surface area contributed by atoms with Crippen LogP contribution in [0.4, 0.5) is 13.6 Å². The van der Waals surface area contributed by atoms with Crippen molar-refractivity contribution in [1.29, 1.82) is 0 Å². The zero-order valence-electron chi connectivity index (χ0n) is 33.6. The number of ether oxygens (including phenoxy) is 2. The molecule has 1 amide bonds. The second-order valence-electron chi connectivity index (χ2n) is 16.7. The lowest BCUT2D eigenvalue weighted by molar-refractivity contribution is -0.0616. The molecule has 3 aliphatic heterocycles. The minimum atomic E-state index is -3.07. The van der Waals surface area contributed by atoms with Gasteiger partial charge >= 0.3 is 6.09 Å². The molecule has 2 saturated heterocycles. The average Bonchev–Trinajstić information content (AvgIpc) is 4.04. The van der Waals surface area contributed by atoms with Gasteiger partial charge in [0.2, 0.25) is 0 Å². The number of aliphatic hydroxyl groups is 2. The summed E-state index contributed by atoms with van der Waals surface area (Å²) in [6, 6.07) is 12.1. The number of nitrogens with zero attached hydrogens (tertiary/aromatic N) is 5. The number of likely N-dealkylation sites (tertiary alicyclic amines) is 2. The maximum Gasteiger partial charge on any atom is 0.407 e. The summed E-state index contributed by atoms with van der Waals surface area (Å²) in [6.07, 6.45) is 1.53. The second-order valence-corrected chi connectivity index (χ2v) is 16.7. The second kappa shape index (κ2) is 15.4. The highest BCUT2D eigenvalue weighted by molar-refractivity contribution is 5.92. The number of amides is 1. The highest BCUT2D eigenvalue weighted by Crippen LogP contribution is 2.45. The number of imidazole rings is 2. The van der Waals surface area contributed by atoms with E-state index in [9.17, 15) is 23.8 Å². The summed E-state index contributed by atoms with van der Waals surface area (Å²) >= 11 is 0. The fraction of sp³-hybridized carbons (Fsp3) is 0.500. The van der Waals surface area contributed by atoms with E-state index in [0.29, 0.717) is 11.5 Å². The Labute approximate surface area is 335 Å². The van der Waals surface area contributed by atoms with Gasteiger partial charge in [0.05, 0.1) is 66.8 Å². The molecule has 8 rings (SSSR count). The number of methoxy groups -OCH3 is 1. The molecule has 6 heterocycles. The zero-order valence-corrected chi connectivity index (χ0v) is 33.6. The van der Waals surface area contributed by atoms with Gasteiger partial charge in [0.1, 0.15) is 29.9 Å². The Balaban J connectivity index is 1.04. The Hall–Kier alpha value is -4.87. The lowest BCUT2D eigenvalue weighted by Crippen LogP contribution is -2.54. The smallest absolute Gasteiger partial charge is 0.407 e. The molecule has 2 aromatic carbocycles. The van der Waals surface area contributed by atoms with Crippen molar-refractivity contribution < 1.29 is 33.3 Å². The van der Waals surface area contributed by atoms with Crippen LogP contribution in [0, 0.1) is 11.8 Å². The van der Waals surface area contributed by atoms with Crippen LogP contribution in [0.2, 0.25) is 0 Å². The standard InChI is InChI=1S/C42H53F2N9O5/c1-21(2)35(45)39(54)51-13-7-8-31(51)37-46-19-29(48-37)25-9-11-27-32-15-26-14-24(10-12-30(26)53(32)23(5)58-34(27)16-25)28-18-47-38(49-28)33-17-42(43,44)20-52(33)40(55)36(22(3)4)50-41(56)57-6/h9-12,14-16,18-19,21-23,31,33,35-36,39-40,54-55H,7-8,13,17,20,45H2,1-6H3,(H,46,48)(H,47,49)(H,50,56). The molecule has 0 radical (unpaired) electrons. The Morgan fingerprint density at radius 2 is 1.64 bits per heavy atom. The molecule has 310 valence electrons. The molecule has 5 aromatic rings. The van der Waals surface area contributed by atoms with Crippen molar-refractivity contribution in [2.24, 2.45) is 17.6 Å². The SMILES string of the molecule is COC(=O)NC(C(C)C)C(O)N1CC(F)(F)CC1c1ncc(-c2ccc3c(c2)cc2n3C(C)Oc3cc(-c4cnc(C5CCCN5C(O)C(N)C(C)C)[nH]4)ccc3-2)[nH]1. The van der Waals surface area contributed by atoms with Crippen molar-refractivity contribution in [3.8, 4) is 39.5 Å². The largest absolute Gasteiger partial charge is 0.470 e. The van der Waals surface area contributed by atoms with E-state index in [1.54, 1.807) is 20.0 Å². The van der Waals surface area contributed by atoms with E-state index < -0.39 is 49.5 Å². The molecule has 0 aliphatic carbocycles. The van der Waals surface area contributed by atoms with Crippen molar-refractivity contribution in [2.45, 2.75) is 103 Å². The first-order valence-corrected chi connectivity index (χ1v) is 20.1. The molecule has 2 fully saturated rings. The van der Waals surface area contributed by atoms with Crippen LogP contribution in [0.25, 0.3) is 44.7 Å². The predicted molar refractivity (Wildman–Crippen MR) is 215 cm³/mol. The fourth-order valence-corrected chi connectivity index (χ4v) is 8.87. The van der Waals surface area contributed by atoms with E-state index in [1.807, 2.05) is 62.2 Å². The van der Waals surface area contributed by atoms with Crippen molar-refractivity contribution in [1.82, 2.24) is 39.6 Å². The third-order valence-corrected chi connectivity index (χ3v) is 12.1. The number of benzene rings is 2. The van der Waals surface area contributed by atoms with Crippen molar-refractivity contribution in [3.63, 3.8) is 0 Å². The molecule has 0 bridgehead atoms. The van der Waals surface area contributed by atoms with Gasteiger partial charge in [0, 0.05) is 41.1 Å². The van der Waals surface area contributed by atoms with E-state index in [-0.39, 0.29) is 30.1 Å². The number of aromatic nitrogens is 5. The molecule has 7 atom stereocenters. The van der Waals surface area contributed by atoms with Gasteiger partial charge in [-0.25, -0.2) is 23.5 Å². The molecule has 7 unspecified atom stereocenters. The Morgan fingerprint density at radius 1 is 0.966 bits per heavy atom. The summed E-state index contributed by atoms with van der Waals surface area (Å²) in [5, 5.41) is 25.9. The van der Waals surface area contributed by atoms with E-state index >= 15 is 0 Å². The molecule has 58 heavy (non-hydrogen) atoms. The van der Waals surface area contributed by atoms with Crippen LogP contribution in [-0.4, -0.2) is 101 Å². The predicted octanol–water partition coefficient (Wildman–Crippen LogP) is 6.52. The van der Waals surface area contributed by atoms with Crippen molar-refractivity contribution in [2.75, 3.05) is 20.2 Å². The molecule has 3 aromatic heterocycles. The number of alkyl halides is 2. The minimum Gasteiger partial charge on any atom is -0.470 e. The Morgan fingerprint density at radius 3 is 2.31 bits per heavy atom. The number of nitrogens with one attached hydrogen (secondary N) is 3. The molecule has 16 heteroatoms. The normalized spacial score (nSPS) is 22.8. The number of alkyl carbamates (subject to hydrolysis) is 1. The summed E-state index contributed by atoms with van der Waals surface area (Å²) < 4.78 is 43.3. The van der Waals surface area contributed by atoms with E-state index in [0.717, 1.165) is 69.9 Å². The zero-order chi connectivity index (χ0) is 41.2. The van der Waals surface area contributed by atoms with Crippen LogP contribution >= 0.6 is 0 Å². The molecule has 0 spiro atoms. The Kier molecular flexibility index (Phi) is 10.6. The molecule has 0 saturated carbocycles. The highest BCUT2D eigenvalue weighted by atomic mass is 19.3. The number of aromatic amines is 2. The lowest BCUT2D eigenvalue weighted by Gasteiger charge is -2.35. The highest BCUT2D eigenvalue weighted by Gasteiger charge is 2.50. The first-order valence-electron chi connectivity index (χ1n) is 20.1. The Bertz CT molecular complexity index is 2290. The van der Waals surface area contributed by atoms with E-state index in [1.165, 1.54) is 12.0 Å². The minimum absolute atomic E-state index is 0.0502. The summed E-state index contributed by atoms with van der Waals surface area (Å²) in [5.74, 6) is -1.35. The molecular formula is C42H53F2N9O5. The number of nitrogens with two attached hydrogens (primary N) is 1. The van der Waals surface area contributed by atoms with Crippen LogP contribution in [-0.2, 0) is 4.74 Å². The molecule has 3 aliphatic rings. The molecule has 14 nitrogen and oxygen atoms in total. The first-order chi connectivity index (χ1) is 27.6. The fourth-order valence-electron chi connectivity index (χ4n) is 8.87. The number of hydrogen-bond acceptors (Lipinski definition) is 10. The van der Waals surface area contributed by atoms with Gasteiger partial charge < -0.3 is 45.3 Å². The topological polar surface area (TPSA) is 183 Å². The van der Waals surface area contributed by atoms with Crippen LogP contribution in [0.3, 0.4) is 0 Å². The molecule has 7 N–H and O–H groups in total. The number of fused-ring (bicyclic) bond motifs is 5. The van der Waals surface area contributed by atoms with Gasteiger partial charge in [-0.15, -0.1) is 0 Å². The number of hydrogen-bond donors (Lipinski definition) is 6. The summed E-state index contributed by atoms with van der Waals surface area (Å²) in [7, 11) is 1.21. The first kappa shape index (κ1) is 39.9. The lowest BCUT2D eigenvalue weighted by atomic mass is 10.0. The maximum atomic E-state index is 14.9. The number of carbonyl (C=O) groups is 1. The number of aliphatic hydroxyl groups excluding tert-OH is 2. The number of H-pyrrole nitrogens is 2. The van der Waals surface area contributed by atoms with Gasteiger partial charge in [-0.1, -0.05) is 39.8 Å². The van der Waals surface area contributed by atoms with Gasteiger partial charge in [-0.3, -0.25) is 9.80 Å². The monoisotopic (exact) mass is 801 g/mol. The summed E-state index contributed by atoms with van der Waals surface area (Å²) in [6.45, 7) is 9.69. The van der Waals surface area contributed by atoms with Gasteiger partial charge in [0.15, 0.2) is 6.23 Å². The summed E-state index contributed by atoms with van der Waals surface area (Å²) in [5.41, 5.74) is 12.5. The molecular weight excluding hydrogens is 749 g/mol. The van der Waals surface area contributed by atoms with Gasteiger partial charge in [-0.2, -0.15) is 0 Å². The van der Waals surface area contributed by atoms with Crippen molar-refractivity contribution in [3.05, 3.63) is 66.5 Å². The van der Waals surface area contributed by atoms with Crippen LogP contribution in [0.5, 0.6) is 5.75 Å². The average molecular weight is 802 g/mol. The third-order valence-electron chi connectivity index (χ3n) is 12.1. The van der Waals surface area contributed by atoms with Crippen LogP contribution in [0.15, 0.2) is 54.9 Å². The van der Waals surface area contributed by atoms with E-state index in [2.05, 4.69) is 37.0 Å². The third kappa shape index (κ3) is 7.25. The van der Waals surface area contributed by atoms with Crippen molar-refractivity contribution >= 4 is 17.0 Å². The van der Waals surface area contributed by atoms with Crippen LogP contribution < -0.4 is 15.8 Å². The van der Waals surface area contributed by atoms with Gasteiger partial charge in [0.25, 0.3) is 5.92 Å². The van der Waals surface area contributed by atoms with Crippen LogP contribution in [0.1, 0.15) is 83.8 Å². The summed E-state index contributed by atoms with van der Waals surface area (Å²) in [4.78, 5) is 31.4. The van der Waals surface area contributed by atoms with Gasteiger partial charge in [-0.05, 0) is 61.9 Å². The maximum absolute atomic E-state index is 14.9. The quantitative estimate of drug-likeness (QED) is 0.0861. The number of rotatable bonds is 11.